The fourth-order valence-electron chi connectivity index (χ4n) is 1.75. The van der Waals surface area contributed by atoms with Gasteiger partial charge in [0, 0.05) is 12.6 Å². The van der Waals surface area contributed by atoms with Crippen LogP contribution >= 0.6 is 0 Å². The summed E-state index contributed by atoms with van der Waals surface area (Å²) in [6, 6.07) is 0.128. The minimum atomic E-state index is 0.128. The lowest BCUT2D eigenvalue weighted by Gasteiger charge is -2.24. The highest BCUT2D eigenvalue weighted by molar-refractivity contribution is 4.67. The minimum Gasteiger partial charge on any atom is -0.377 e. The summed E-state index contributed by atoms with van der Waals surface area (Å²) in [6.45, 7) is 14.0. The second kappa shape index (κ2) is 6.49. The van der Waals surface area contributed by atoms with Crippen LogP contribution in [0.25, 0.3) is 0 Å². The molecule has 3 atom stereocenters. The monoisotopic (exact) mass is 215 g/mol. The predicted molar refractivity (Wildman–Crippen MR) is 66.9 cm³/mol. The van der Waals surface area contributed by atoms with E-state index in [9.17, 15) is 0 Å². The molecule has 0 aliphatic rings. The average molecular weight is 215 g/mol. The van der Waals surface area contributed by atoms with Crippen LogP contribution in [0.15, 0.2) is 0 Å². The Morgan fingerprint density at radius 1 is 1.13 bits per heavy atom. The lowest BCUT2D eigenvalue weighted by molar-refractivity contribution is 0.0420. The van der Waals surface area contributed by atoms with Crippen molar-refractivity contribution in [3.05, 3.63) is 0 Å². The second-order valence-corrected chi connectivity index (χ2v) is 6.09. The Morgan fingerprint density at radius 2 is 1.67 bits per heavy atom. The lowest BCUT2D eigenvalue weighted by Crippen LogP contribution is -2.31. The summed E-state index contributed by atoms with van der Waals surface area (Å²) < 4.78 is 5.66. The quantitative estimate of drug-likeness (QED) is 0.738. The van der Waals surface area contributed by atoms with Gasteiger partial charge in [0.1, 0.15) is 0 Å². The number of nitrogens with two attached hydrogens (primary N) is 1. The van der Waals surface area contributed by atoms with Crippen LogP contribution in [0.1, 0.15) is 54.4 Å². The fourth-order valence-corrected chi connectivity index (χ4v) is 1.75. The molecule has 0 aromatic heterocycles. The third kappa shape index (κ3) is 8.88. The van der Waals surface area contributed by atoms with E-state index in [0.717, 1.165) is 18.9 Å². The van der Waals surface area contributed by atoms with Crippen LogP contribution in [0.5, 0.6) is 0 Å². The van der Waals surface area contributed by atoms with Crippen LogP contribution < -0.4 is 5.73 Å². The van der Waals surface area contributed by atoms with Crippen molar-refractivity contribution in [1.82, 2.24) is 0 Å². The first kappa shape index (κ1) is 14.9. The van der Waals surface area contributed by atoms with Gasteiger partial charge in [-0.15, -0.1) is 0 Å². The molecule has 0 amide bonds. The highest BCUT2D eigenvalue weighted by Crippen LogP contribution is 2.25. The Kier molecular flexibility index (Phi) is 6.46. The summed E-state index contributed by atoms with van der Waals surface area (Å²) >= 11 is 0. The zero-order valence-electron chi connectivity index (χ0n) is 11.3. The molecule has 0 fully saturated rings. The van der Waals surface area contributed by atoms with Crippen molar-refractivity contribution in [3.63, 3.8) is 0 Å². The normalized spacial score (nSPS) is 18.6. The van der Waals surface area contributed by atoms with Gasteiger partial charge >= 0.3 is 0 Å². The molecule has 15 heavy (non-hydrogen) atoms. The Labute approximate surface area is 95.6 Å². The maximum atomic E-state index is 5.73. The molecule has 0 aliphatic heterocycles. The first-order chi connectivity index (χ1) is 6.72. The van der Waals surface area contributed by atoms with Crippen LogP contribution in [0.3, 0.4) is 0 Å². The Hall–Kier alpha value is -0.0800. The molecule has 92 valence electrons. The fraction of sp³-hybridized carbons (Fsp3) is 1.00. The molecule has 0 saturated heterocycles. The van der Waals surface area contributed by atoms with E-state index in [1.54, 1.807) is 0 Å². The van der Waals surface area contributed by atoms with Gasteiger partial charge in [0.25, 0.3) is 0 Å². The molecule has 2 nitrogen and oxygen atoms in total. The molecular formula is C13H29NO. The van der Waals surface area contributed by atoms with Gasteiger partial charge in [-0.25, -0.2) is 0 Å². The van der Waals surface area contributed by atoms with Crippen molar-refractivity contribution in [2.45, 2.75) is 66.5 Å². The predicted octanol–water partition coefficient (Wildman–Crippen LogP) is 3.20. The summed E-state index contributed by atoms with van der Waals surface area (Å²) in [6.07, 6.45) is 2.56. The largest absolute Gasteiger partial charge is 0.377 e. The van der Waals surface area contributed by atoms with Gasteiger partial charge in [-0.1, -0.05) is 27.7 Å². The Balaban J connectivity index is 3.60. The van der Waals surface area contributed by atoms with Gasteiger partial charge in [0.15, 0.2) is 0 Å². The number of hydrogen-bond donors (Lipinski definition) is 1. The zero-order valence-corrected chi connectivity index (χ0v) is 11.3. The van der Waals surface area contributed by atoms with Crippen molar-refractivity contribution >= 4 is 0 Å². The first-order valence-electron chi connectivity index (χ1n) is 6.09. The van der Waals surface area contributed by atoms with E-state index in [1.165, 1.54) is 6.42 Å². The number of rotatable bonds is 6. The topological polar surface area (TPSA) is 35.2 Å². The standard InChI is InChI=1S/C13H29NO/c1-10(9-13(4,5)6)7-8-15-12(3)11(2)14/h10-12H,7-9,14H2,1-6H3/t10?,11-,12?/m1/s1. The molecule has 0 aliphatic carbocycles. The summed E-state index contributed by atoms with van der Waals surface area (Å²) in [7, 11) is 0. The molecule has 0 aromatic carbocycles. The maximum Gasteiger partial charge on any atom is 0.0695 e. The third-order valence-corrected chi connectivity index (χ3v) is 2.69. The Morgan fingerprint density at radius 3 is 2.07 bits per heavy atom. The summed E-state index contributed by atoms with van der Waals surface area (Å²) in [5, 5.41) is 0. The molecule has 0 heterocycles. The lowest BCUT2D eigenvalue weighted by atomic mass is 9.84. The van der Waals surface area contributed by atoms with Crippen LogP contribution in [-0.2, 0) is 4.74 Å². The van der Waals surface area contributed by atoms with Crippen molar-refractivity contribution in [3.8, 4) is 0 Å². The zero-order chi connectivity index (χ0) is 12.1. The summed E-state index contributed by atoms with van der Waals surface area (Å²) in [4.78, 5) is 0. The van der Waals surface area contributed by atoms with Gasteiger partial charge in [0.2, 0.25) is 0 Å². The maximum absolute atomic E-state index is 5.73. The minimum absolute atomic E-state index is 0.128. The van der Waals surface area contributed by atoms with Gasteiger partial charge in [-0.3, -0.25) is 0 Å². The number of hydrogen-bond acceptors (Lipinski definition) is 2. The van der Waals surface area contributed by atoms with Crippen molar-refractivity contribution < 1.29 is 4.74 Å². The summed E-state index contributed by atoms with van der Waals surface area (Å²) in [5.41, 5.74) is 6.15. The summed E-state index contributed by atoms with van der Waals surface area (Å²) in [5.74, 6) is 0.727. The highest BCUT2D eigenvalue weighted by Gasteiger charge is 2.15. The molecule has 0 saturated carbocycles. The molecule has 2 N–H and O–H groups in total. The highest BCUT2D eigenvalue weighted by atomic mass is 16.5. The van der Waals surface area contributed by atoms with Gasteiger partial charge in [-0.2, -0.15) is 0 Å². The van der Waals surface area contributed by atoms with E-state index >= 15 is 0 Å². The van der Waals surface area contributed by atoms with E-state index in [1.807, 2.05) is 13.8 Å². The van der Waals surface area contributed by atoms with E-state index in [4.69, 9.17) is 10.5 Å². The first-order valence-corrected chi connectivity index (χ1v) is 6.09. The van der Waals surface area contributed by atoms with Crippen molar-refractivity contribution in [1.29, 1.82) is 0 Å². The van der Waals surface area contributed by atoms with E-state index < -0.39 is 0 Å². The smallest absolute Gasteiger partial charge is 0.0695 e. The van der Waals surface area contributed by atoms with Gasteiger partial charge in [-0.05, 0) is 38.0 Å². The van der Waals surface area contributed by atoms with Gasteiger partial charge in [0.05, 0.1) is 6.10 Å². The van der Waals surface area contributed by atoms with Crippen molar-refractivity contribution in [2.75, 3.05) is 6.61 Å². The van der Waals surface area contributed by atoms with E-state index in [0.29, 0.717) is 5.41 Å². The molecule has 2 unspecified atom stereocenters. The molecule has 2 heteroatoms. The molecule has 0 radical (unpaired) electrons. The molecule has 0 aromatic rings. The number of ether oxygens (including phenoxy) is 1. The van der Waals surface area contributed by atoms with Crippen LogP contribution in [0.2, 0.25) is 0 Å². The average Bonchev–Trinajstić information content (AvgIpc) is 2.00. The third-order valence-electron chi connectivity index (χ3n) is 2.69. The van der Waals surface area contributed by atoms with Crippen LogP contribution in [-0.4, -0.2) is 18.8 Å². The second-order valence-electron chi connectivity index (χ2n) is 6.09. The van der Waals surface area contributed by atoms with Crippen LogP contribution in [0, 0.1) is 11.3 Å². The molecule has 0 bridgehead atoms. The molecule has 0 spiro atoms. The van der Waals surface area contributed by atoms with Crippen LogP contribution in [0.4, 0.5) is 0 Å². The Bertz CT molecular complexity index is 160. The SMILES string of the molecule is CC(CCOC(C)[C@@H](C)N)CC(C)(C)C. The van der Waals surface area contributed by atoms with E-state index in [-0.39, 0.29) is 12.1 Å². The van der Waals surface area contributed by atoms with E-state index in [2.05, 4.69) is 27.7 Å². The van der Waals surface area contributed by atoms with Crippen molar-refractivity contribution in [2.24, 2.45) is 17.1 Å². The van der Waals surface area contributed by atoms with Gasteiger partial charge < -0.3 is 10.5 Å². The molecular weight excluding hydrogens is 186 g/mol. The molecule has 0 rings (SSSR count).